The number of alkyl carbamates (subject to hydrolysis) is 1. The predicted molar refractivity (Wildman–Crippen MR) is 129 cm³/mol. The normalized spacial score (nSPS) is 12.5. The highest BCUT2D eigenvalue weighted by molar-refractivity contribution is 7.80. The fourth-order valence-corrected chi connectivity index (χ4v) is 3.24. The van der Waals surface area contributed by atoms with Gasteiger partial charge in [0.15, 0.2) is 0 Å². The van der Waals surface area contributed by atoms with Crippen molar-refractivity contribution in [1.29, 1.82) is 5.26 Å². The Hall–Kier alpha value is -3.46. The third-order valence-electron chi connectivity index (χ3n) is 4.42. The first-order valence-corrected chi connectivity index (χ1v) is 11.6. The summed E-state index contributed by atoms with van der Waals surface area (Å²) in [7, 11) is 0. The summed E-state index contributed by atoms with van der Waals surface area (Å²) in [5.41, 5.74) is -0.766. The molecule has 35 heavy (non-hydrogen) atoms. The zero-order valence-electron chi connectivity index (χ0n) is 20.2. The number of nitrogens with one attached hydrogen (secondary N) is 2. The molecule has 0 fully saturated rings. The first-order valence-electron chi connectivity index (χ1n) is 10.9. The number of nitriles is 1. The van der Waals surface area contributed by atoms with Crippen molar-refractivity contribution in [2.45, 2.75) is 51.8 Å². The Morgan fingerprint density at radius 2 is 1.89 bits per heavy atom. The van der Waals surface area contributed by atoms with Gasteiger partial charge in [-0.2, -0.15) is 17.9 Å². The Morgan fingerprint density at radius 3 is 2.43 bits per heavy atom. The molecule has 0 saturated carbocycles. The summed E-state index contributed by atoms with van der Waals surface area (Å²) >= 11 is 4.13. The van der Waals surface area contributed by atoms with Gasteiger partial charge in [0.1, 0.15) is 30.0 Å². The molecule has 12 heteroatoms. The standard InChI is InChI=1S/C23H32N4O7S/c1-5-33-18(29)10-12-25-20(30)19(15-8-6-7-9-17(15)28)27(13-11-24)21(31)16(14-35)26-22(32)34-23(2,3)4/h6-9,16,19,28,35H,5,10,12-14H2,1-4H3,(H,25,30)(H,26,32). The molecular formula is C23H32N4O7S. The van der Waals surface area contributed by atoms with E-state index in [4.69, 9.17) is 9.47 Å². The third kappa shape index (κ3) is 9.74. The molecule has 1 aromatic rings. The van der Waals surface area contributed by atoms with Gasteiger partial charge in [-0.3, -0.25) is 14.4 Å². The molecule has 1 rings (SSSR count). The van der Waals surface area contributed by atoms with Gasteiger partial charge in [0.25, 0.3) is 0 Å². The van der Waals surface area contributed by atoms with E-state index < -0.39 is 48.1 Å². The molecule has 0 heterocycles. The molecule has 1 aromatic carbocycles. The zero-order valence-corrected chi connectivity index (χ0v) is 21.1. The van der Waals surface area contributed by atoms with E-state index in [2.05, 4.69) is 23.3 Å². The maximum atomic E-state index is 13.4. The van der Waals surface area contributed by atoms with Gasteiger partial charge < -0.3 is 30.1 Å². The van der Waals surface area contributed by atoms with Crippen molar-refractivity contribution in [2.24, 2.45) is 0 Å². The third-order valence-corrected chi connectivity index (χ3v) is 4.79. The van der Waals surface area contributed by atoms with Crippen LogP contribution in [0.15, 0.2) is 24.3 Å². The topological polar surface area (TPSA) is 158 Å². The van der Waals surface area contributed by atoms with E-state index in [1.165, 1.54) is 18.2 Å². The number of aromatic hydroxyl groups is 1. The number of thiol groups is 1. The Morgan fingerprint density at radius 1 is 1.23 bits per heavy atom. The van der Waals surface area contributed by atoms with E-state index in [1.807, 2.05) is 6.07 Å². The average Bonchev–Trinajstić information content (AvgIpc) is 2.76. The summed E-state index contributed by atoms with van der Waals surface area (Å²) in [5, 5.41) is 24.7. The molecule has 0 aliphatic heterocycles. The fourth-order valence-electron chi connectivity index (χ4n) is 3.00. The number of ether oxygens (including phenoxy) is 2. The van der Waals surface area contributed by atoms with E-state index in [0.717, 1.165) is 4.90 Å². The average molecular weight is 509 g/mol. The van der Waals surface area contributed by atoms with Crippen molar-refractivity contribution in [1.82, 2.24) is 15.5 Å². The number of amides is 3. The molecule has 2 atom stereocenters. The van der Waals surface area contributed by atoms with Gasteiger partial charge in [0.2, 0.25) is 11.8 Å². The van der Waals surface area contributed by atoms with Gasteiger partial charge in [-0.25, -0.2) is 4.79 Å². The Balaban J connectivity index is 3.26. The minimum atomic E-state index is -1.44. The predicted octanol–water partition coefficient (Wildman–Crippen LogP) is 1.68. The molecule has 11 nitrogen and oxygen atoms in total. The van der Waals surface area contributed by atoms with Crippen LogP contribution in [0.3, 0.4) is 0 Å². The van der Waals surface area contributed by atoms with Crippen LogP contribution in [-0.4, -0.2) is 71.0 Å². The van der Waals surface area contributed by atoms with Crippen molar-refractivity contribution in [3.63, 3.8) is 0 Å². The number of hydrogen-bond acceptors (Lipinski definition) is 9. The van der Waals surface area contributed by atoms with Crippen LogP contribution >= 0.6 is 12.6 Å². The number of nitrogens with zero attached hydrogens (tertiary/aromatic N) is 2. The highest BCUT2D eigenvalue weighted by atomic mass is 32.1. The van der Waals surface area contributed by atoms with Gasteiger partial charge in [-0.1, -0.05) is 18.2 Å². The maximum absolute atomic E-state index is 13.4. The monoisotopic (exact) mass is 508 g/mol. The zero-order chi connectivity index (χ0) is 26.6. The lowest BCUT2D eigenvalue weighted by Crippen LogP contribution is -2.54. The Bertz CT molecular complexity index is 943. The quantitative estimate of drug-likeness (QED) is 0.200. The second kappa shape index (κ2) is 14.1. The number of carbonyl (C=O) groups is 4. The first kappa shape index (κ1) is 29.6. The van der Waals surface area contributed by atoms with E-state index in [0.29, 0.717) is 0 Å². The van der Waals surface area contributed by atoms with Crippen molar-refractivity contribution in [3.8, 4) is 11.8 Å². The van der Waals surface area contributed by atoms with E-state index in [1.54, 1.807) is 33.8 Å². The van der Waals surface area contributed by atoms with Gasteiger partial charge in [0.05, 0.1) is 19.1 Å². The van der Waals surface area contributed by atoms with Crippen molar-refractivity contribution in [2.75, 3.05) is 25.4 Å². The minimum Gasteiger partial charge on any atom is -0.508 e. The lowest BCUT2D eigenvalue weighted by Gasteiger charge is -2.32. The van der Waals surface area contributed by atoms with E-state index in [-0.39, 0.29) is 36.6 Å². The summed E-state index contributed by atoms with van der Waals surface area (Å²) in [5.74, 6) is -2.49. The highest BCUT2D eigenvalue weighted by Gasteiger charge is 2.37. The number of esters is 1. The molecule has 0 aliphatic carbocycles. The van der Waals surface area contributed by atoms with Gasteiger partial charge in [-0.15, -0.1) is 0 Å². The summed E-state index contributed by atoms with van der Waals surface area (Å²) < 4.78 is 10.0. The van der Waals surface area contributed by atoms with Gasteiger partial charge >= 0.3 is 12.1 Å². The molecule has 3 N–H and O–H groups in total. The molecule has 0 saturated heterocycles. The largest absolute Gasteiger partial charge is 0.508 e. The molecule has 2 unspecified atom stereocenters. The lowest BCUT2D eigenvalue weighted by atomic mass is 10.0. The summed E-state index contributed by atoms with van der Waals surface area (Å²) in [6.45, 7) is 6.17. The van der Waals surface area contributed by atoms with Crippen LogP contribution in [0.2, 0.25) is 0 Å². The molecular weight excluding hydrogens is 476 g/mol. The van der Waals surface area contributed by atoms with Crippen molar-refractivity contribution >= 4 is 36.5 Å². The number of phenols is 1. The van der Waals surface area contributed by atoms with Crippen LogP contribution in [-0.2, 0) is 23.9 Å². The molecule has 192 valence electrons. The fraction of sp³-hybridized carbons (Fsp3) is 0.522. The van der Waals surface area contributed by atoms with Crippen LogP contribution in [0.5, 0.6) is 5.75 Å². The highest BCUT2D eigenvalue weighted by Crippen LogP contribution is 2.29. The molecule has 0 aromatic heterocycles. The van der Waals surface area contributed by atoms with Crippen molar-refractivity contribution < 1.29 is 33.8 Å². The minimum absolute atomic E-state index is 0.0555. The van der Waals surface area contributed by atoms with Crippen LogP contribution in [0.4, 0.5) is 4.79 Å². The number of phenolic OH excluding ortho intramolecular Hbond substituents is 1. The number of hydrogen-bond donors (Lipinski definition) is 4. The molecule has 0 bridgehead atoms. The van der Waals surface area contributed by atoms with Crippen LogP contribution in [0.25, 0.3) is 0 Å². The SMILES string of the molecule is CCOC(=O)CCNC(=O)C(c1ccccc1O)N(CC#N)C(=O)C(CS)NC(=O)OC(C)(C)C. The van der Waals surface area contributed by atoms with Crippen LogP contribution < -0.4 is 10.6 Å². The van der Waals surface area contributed by atoms with Crippen LogP contribution in [0.1, 0.15) is 45.7 Å². The molecule has 0 spiro atoms. The second-order valence-electron chi connectivity index (χ2n) is 8.31. The molecule has 3 amide bonds. The summed E-state index contributed by atoms with van der Waals surface area (Å²) in [6.07, 6.45) is -0.988. The van der Waals surface area contributed by atoms with Gasteiger partial charge in [0, 0.05) is 17.9 Å². The second-order valence-corrected chi connectivity index (χ2v) is 8.68. The number of rotatable bonds is 11. The number of carbonyl (C=O) groups excluding carboxylic acids is 4. The maximum Gasteiger partial charge on any atom is 0.408 e. The summed E-state index contributed by atoms with van der Waals surface area (Å²) in [6, 6.07) is 5.01. The number of para-hydroxylation sites is 1. The first-order chi connectivity index (χ1) is 16.4. The van der Waals surface area contributed by atoms with E-state index in [9.17, 15) is 29.5 Å². The number of benzene rings is 1. The smallest absolute Gasteiger partial charge is 0.408 e. The van der Waals surface area contributed by atoms with Gasteiger partial charge in [-0.05, 0) is 33.8 Å². The van der Waals surface area contributed by atoms with Crippen molar-refractivity contribution in [3.05, 3.63) is 29.8 Å². The Labute approximate surface area is 210 Å². The van der Waals surface area contributed by atoms with Crippen LogP contribution in [0, 0.1) is 11.3 Å². The molecule has 0 aliphatic rings. The lowest BCUT2D eigenvalue weighted by molar-refractivity contribution is -0.144. The van der Waals surface area contributed by atoms with E-state index >= 15 is 0 Å². The summed E-state index contributed by atoms with van der Waals surface area (Å²) in [4.78, 5) is 51.3. The molecule has 0 radical (unpaired) electrons. The Kier molecular flexibility index (Phi) is 11.9.